The van der Waals surface area contributed by atoms with Crippen LogP contribution in [0.4, 0.5) is 11.4 Å². The van der Waals surface area contributed by atoms with Crippen LogP contribution in [-0.4, -0.2) is 7.05 Å². The predicted molar refractivity (Wildman–Crippen MR) is 78.0 cm³/mol. The Morgan fingerprint density at radius 2 is 1.71 bits per heavy atom. The molecule has 0 atom stereocenters. The van der Waals surface area contributed by atoms with Crippen LogP contribution in [0.3, 0.4) is 0 Å². The summed E-state index contributed by atoms with van der Waals surface area (Å²) in [5.41, 5.74) is 3.76. The molecule has 0 spiro atoms. The molecule has 0 fully saturated rings. The molecule has 0 saturated heterocycles. The Balaban J connectivity index is 2.27. The van der Waals surface area contributed by atoms with E-state index in [0.29, 0.717) is 0 Å². The maximum Gasteiger partial charge on any atom is 0.0419 e. The minimum absolute atomic E-state index is 1.08. The molecule has 2 rings (SSSR count). The molecule has 2 aromatic rings. The van der Waals surface area contributed by atoms with Crippen molar-refractivity contribution in [2.75, 3.05) is 11.9 Å². The Morgan fingerprint density at radius 3 is 2.29 bits per heavy atom. The third kappa shape index (κ3) is 2.89. The molecule has 17 heavy (non-hydrogen) atoms. The van der Waals surface area contributed by atoms with Crippen molar-refractivity contribution in [3.8, 4) is 0 Å². The average Bonchev–Trinajstić information content (AvgIpc) is 2.38. The van der Waals surface area contributed by atoms with Gasteiger partial charge in [-0.25, -0.2) is 0 Å². The van der Waals surface area contributed by atoms with Crippen LogP contribution in [0.15, 0.2) is 53.0 Å². The molecule has 0 bridgehead atoms. The zero-order valence-corrected chi connectivity index (χ0v) is 11.7. The molecule has 1 nitrogen and oxygen atoms in total. The number of benzene rings is 2. The molecule has 2 heteroatoms. The van der Waals surface area contributed by atoms with Gasteiger partial charge in [0, 0.05) is 22.9 Å². The molecule has 0 aliphatic rings. The van der Waals surface area contributed by atoms with Gasteiger partial charge in [-0.15, -0.1) is 0 Å². The maximum atomic E-state index is 3.50. The fourth-order valence-electron chi connectivity index (χ4n) is 1.79. The lowest BCUT2D eigenvalue weighted by Crippen LogP contribution is -2.09. The molecule has 2 aromatic carbocycles. The highest BCUT2D eigenvalue weighted by atomic mass is 79.9. The zero-order valence-electron chi connectivity index (χ0n) is 10.2. The number of rotatable bonds is 3. The number of nitrogens with zero attached hydrogens (tertiary/aromatic N) is 1. The van der Waals surface area contributed by atoms with E-state index in [1.165, 1.54) is 16.9 Å². The average molecular weight is 290 g/mol. The lowest BCUT2D eigenvalue weighted by Gasteiger charge is -2.20. The van der Waals surface area contributed by atoms with Gasteiger partial charge in [0.15, 0.2) is 0 Å². The highest BCUT2D eigenvalue weighted by Crippen LogP contribution is 2.26. The molecule has 0 radical (unpaired) electrons. The molecule has 0 N–H and O–H groups in total. The monoisotopic (exact) mass is 289 g/mol. The number of hydrogen-bond donors (Lipinski definition) is 0. The maximum absolute atomic E-state index is 3.50. The first kappa shape index (κ1) is 12.2. The van der Waals surface area contributed by atoms with E-state index in [9.17, 15) is 0 Å². The summed E-state index contributed by atoms with van der Waals surface area (Å²) in [6.07, 6.45) is 1.08. The van der Waals surface area contributed by atoms with Crippen LogP contribution >= 0.6 is 15.9 Å². The molecule has 0 aromatic heterocycles. The number of aryl methyl sites for hydroxylation is 1. The molecular formula is C15H16BrN. The summed E-state index contributed by atoms with van der Waals surface area (Å²) < 4.78 is 1.10. The summed E-state index contributed by atoms with van der Waals surface area (Å²) in [4.78, 5) is 2.18. The third-order valence-electron chi connectivity index (χ3n) is 2.93. The van der Waals surface area contributed by atoms with E-state index in [4.69, 9.17) is 0 Å². The molecule has 0 aliphatic carbocycles. The van der Waals surface area contributed by atoms with Crippen molar-refractivity contribution in [3.63, 3.8) is 0 Å². The van der Waals surface area contributed by atoms with Crippen molar-refractivity contribution in [1.29, 1.82) is 0 Å². The van der Waals surface area contributed by atoms with Crippen LogP contribution in [-0.2, 0) is 6.42 Å². The third-order valence-corrected chi connectivity index (χ3v) is 3.42. The lowest BCUT2D eigenvalue weighted by molar-refractivity contribution is 1.13. The Morgan fingerprint density at radius 1 is 1.00 bits per heavy atom. The Hall–Kier alpha value is -1.28. The highest BCUT2D eigenvalue weighted by molar-refractivity contribution is 9.10. The largest absolute Gasteiger partial charge is 0.345 e. The second kappa shape index (κ2) is 5.37. The minimum Gasteiger partial charge on any atom is -0.345 e. The van der Waals surface area contributed by atoms with Gasteiger partial charge in [-0.1, -0.05) is 41.1 Å². The van der Waals surface area contributed by atoms with Gasteiger partial charge in [0.25, 0.3) is 0 Å². The van der Waals surface area contributed by atoms with E-state index in [2.05, 4.69) is 77.3 Å². The second-order valence-corrected chi connectivity index (χ2v) is 4.97. The first-order valence-electron chi connectivity index (χ1n) is 5.79. The van der Waals surface area contributed by atoms with E-state index < -0.39 is 0 Å². The Bertz CT molecular complexity index is 491. The van der Waals surface area contributed by atoms with E-state index in [1.807, 2.05) is 6.07 Å². The summed E-state index contributed by atoms with van der Waals surface area (Å²) in [5, 5.41) is 0. The minimum atomic E-state index is 1.08. The molecule has 0 heterocycles. The molecule has 0 aliphatic heterocycles. The van der Waals surface area contributed by atoms with E-state index in [1.54, 1.807) is 0 Å². The van der Waals surface area contributed by atoms with Crippen LogP contribution in [0, 0.1) is 0 Å². The van der Waals surface area contributed by atoms with Crippen molar-refractivity contribution in [3.05, 3.63) is 58.6 Å². The Kier molecular flexibility index (Phi) is 3.85. The Labute approximate surface area is 111 Å². The van der Waals surface area contributed by atoms with Gasteiger partial charge in [0.1, 0.15) is 0 Å². The topological polar surface area (TPSA) is 3.24 Å². The number of anilines is 2. The lowest BCUT2D eigenvalue weighted by atomic mass is 10.1. The number of hydrogen-bond acceptors (Lipinski definition) is 1. The zero-order chi connectivity index (χ0) is 12.3. The normalized spacial score (nSPS) is 10.3. The first-order valence-corrected chi connectivity index (χ1v) is 6.58. The SMILES string of the molecule is CCc1ccc(N(C)c2cccc(Br)c2)cc1. The standard InChI is InChI=1S/C15H16BrN/c1-3-12-7-9-14(10-8-12)17(2)15-6-4-5-13(16)11-15/h4-11H,3H2,1-2H3. The van der Waals surface area contributed by atoms with Crippen LogP contribution in [0.25, 0.3) is 0 Å². The fourth-order valence-corrected chi connectivity index (χ4v) is 2.18. The van der Waals surface area contributed by atoms with E-state index in [-0.39, 0.29) is 0 Å². The van der Waals surface area contributed by atoms with Crippen LogP contribution in [0.5, 0.6) is 0 Å². The van der Waals surface area contributed by atoms with Crippen molar-refractivity contribution in [2.45, 2.75) is 13.3 Å². The van der Waals surface area contributed by atoms with Gasteiger partial charge < -0.3 is 4.90 Å². The van der Waals surface area contributed by atoms with Crippen molar-refractivity contribution in [2.24, 2.45) is 0 Å². The summed E-state index contributed by atoms with van der Waals surface area (Å²) >= 11 is 3.50. The predicted octanol–water partition coefficient (Wildman–Crippen LogP) is 4.78. The summed E-state index contributed by atoms with van der Waals surface area (Å²) in [7, 11) is 2.09. The fraction of sp³-hybridized carbons (Fsp3) is 0.200. The van der Waals surface area contributed by atoms with Crippen molar-refractivity contribution in [1.82, 2.24) is 0 Å². The van der Waals surface area contributed by atoms with Gasteiger partial charge in [-0.3, -0.25) is 0 Å². The van der Waals surface area contributed by atoms with Crippen LogP contribution in [0.2, 0.25) is 0 Å². The molecular weight excluding hydrogens is 274 g/mol. The van der Waals surface area contributed by atoms with Crippen LogP contribution < -0.4 is 4.90 Å². The highest BCUT2D eigenvalue weighted by Gasteiger charge is 2.03. The second-order valence-electron chi connectivity index (χ2n) is 4.06. The van der Waals surface area contributed by atoms with Gasteiger partial charge in [-0.05, 0) is 42.3 Å². The van der Waals surface area contributed by atoms with Gasteiger partial charge in [-0.2, -0.15) is 0 Å². The summed E-state index contributed by atoms with van der Waals surface area (Å²) in [5.74, 6) is 0. The smallest absolute Gasteiger partial charge is 0.0419 e. The quantitative estimate of drug-likeness (QED) is 0.786. The van der Waals surface area contributed by atoms with Gasteiger partial charge in [0.2, 0.25) is 0 Å². The molecule has 0 saturated carbocycles. The van der Waals surface area contributed by atoms with Crippen molar-refractivity contribution >= 4 is 27.3 Å². The number of halogens is 1. The van der Waals surface area contributed by atoms with Gasteiger partial charge in [0.05, 0.1) is 0 Å². The van der Waals surface area contributed by atoms with Crippen LogP contribution in [0.1, 0.15) is 12.5 Å². The molecule has 88 valence electrons. The molecule has 0 amide bonds. The van der Waals surface area contributed by atoms with E-state index >= 15 is 0 Å². The summed E-state index contributed by atoms with van der Waals surface area (Å²) in [6.45, 7) is 2.17. The van der Waals surface area contributed by atoms with Gasteiger partial charge >= 0.3 is 0 Å². The summed E-state index contributed by atoms with van der Waals surface area (Å²) in [6, 6.07) is 17.0. The first-order chi connectivity index (χ1) is 8.20. The van der Waals surface area contributed by atoms with E-state index in [0.717, 1.165) is 10.9 Å². The molecule has 0 unspecified atom stereocenters. The van der Waals surface area contributed by atoms with Crippen molar-refractivity contribution < 1.29 is 0 Å².